The molecule has 0 radical (unpaired) electrons. The summed E-state index contributed by atoms with van der Waals surface area (Å²) in [5.41, 5.74) is 0. The summed E-state index contributed by atoms with van der Waals surface area (Å²) in [6, 6.07) is 0. The van der Waals surface area contributed by atoms with Crippen molar-refractivity contribution in [3.8, 4) is 6.19 Å². The predicted molar refractivity (Wildman–Crippen MR) is 25.2 cm³/mol. The highest BCUT2D eigenvalue weighted by molar-refractivity contribution is 4.77. The quantitative estimate of drug-likeness (QED) is 0.407. The minimum Gasteiger partial charge on any atom is -0.298 e. The van der Waals surface area contributed by atoms with Crippen molar-refractivity contribution >= 4 is 0 Å². The van der Waals surface area contributed by atoms with E-state index in [1.807, 2.05) is 6.19 Å². The molecule has 1 N–H and O–H groups in total. The van der Waals surface area contributed by atoms with Crippen LogP contribution in [0.25, 0.3) is 0 Å². The largest absolute Gasteiger partial charge is 0.298 e. The van der Waals surface area contributed by atoms with Gasteiger partial charge in [-0.25, -0.2) is 0 Å². The normalized spacial score (nSPS) is 19.6. The van der Waals surface area contributed by atoms with Crippen molar-refractivity contribution in [1.29, 1.82) is 5.26 Å². The number of hydrogen-bond acceptors (Lipinski definition) is 3. The van der Waals surface area contributed by atoms with Gasteiger partial charge in [0.15, 0.2) is 6.19 Å². The van der Waals surface area contributed by atoms with Crippen LogP contribution in [-0.4, -0.2) is 24.7 Å². The summed E-state index contributed by atoms with van der Waals surface area (Å²) in [7, 11) is 0. The Balaban J connectivity index is 2.31. The van der Waals surface area contributed by atoms with E-state index in [1.165, 1.54) is 0 Å². The summed E-state index contributed by atoms with van der Waals surface area (Å²) in [5.74, 6) is 0. The van der Waals surface area contributed by atoms with Gasteiger partial charge in [-0.15, -0.1) is 0 Å². The molecule has 1 heterocycles. The first-order valence-corrected chi connectivity index (χ1v) is 2.29. The van der Waals surface area contributed by atoms with Crippen LogP contribution in [0.2, 0.25) is 0 Å². The van der Waals surface area contributed by atoms with Crippen molar-refractivity contribution in [2.75, 3.05) is 19.8 Å². The molecule has 0 aromatic heterocycles. The van der Waals surface area contributed by atoms with Crippen LogP contribution in [0, 0.1) is 11.5 Å². The lowest BCUT2D eigenvalue weighted by Gasteiger charge is -1.98. The van der Waals surface area contributed by atoms with Crippen LogP contribution in [0.1, 0.15) is 0 Å². The molecule has 0 aromatic carbocycles. The van der Waals surface area contributed by atoms with Crippen molar-refractivity contribution in [2.24, 2.45) is 0 Å². The van der Waals surface area contributed by atoms with Crippen LogP contribution in [0.15, 0.2) is 0 Å². The second kappa shape index (κ2) is 1.80. The number of nitriles is 1. The molecule has 3 heteroatoms. The molecule has 7 heavy (non-hydrogen) atoms. The average molecular weight is 97.1 g/mol. The van der Waals surface area contributed by atoms with E-state index in [0.717, 1.165) is 19.8 Å². The van der Waals surface area contributed by atoms with Crippen molar-refractivity contribution < 1.29 is 0 Å². The number of nitrogens with zero attached hydrogens (tertiary/aromatic N) is 2. The molecule has 0 saturated carbocycles. The minimum absolute atomic E-state index is 0.733. The first-order valence-electron chi connectivity index (χ1n) is 2.29. The molecule has 0 spiro atoms. The van der Waals surface area contributed by atoms with Gasteiger partial charge < -0.3 is 0 Å². The Bertz CT molecular complexity index is 87.6. The molecule has 0 atom stereocenters. The summed E-state index contributed by atoms with van der Waals surface area (Å²) in [6.07, 6.45) is 2.03. The highest BCUT2D eigenvalue weighted by Crippen LogP contribution is 1.85. The average Bonchev–Trinajstić information content (AvgIpc) is 2.14. The maximum Gasteiger partial charge on any atom is 0.180 e. The third-order valence-corrected chi connectivity index (χ3v) is 1.00. The van der Waals surface area contributed by atoms with Crippen LogP contribution in [0.5, 0.6) is 0 Å². The van der Waals surface area contributed by atoms with E-state index in [0.29, 0.717) is 0 Å². The standard InChI is InChI=1S/C4H7N3/c5-3-7-2-1-6-4-7/h6H,1-2,4H2. The Morgan fingerprint density at radius 2 is 2.57 bits per heavy atom. The first kappa shape index (κ1) is 4.41. The van der Waals surface area contributed by atoms with Crippen molar-refractivity contribution in [3.05, 3.63) is 0 Å². The zero-order valence-corrected chi connectivity index (χ0v) is 4.02. The molecule has 0 bridgehead atoms. The highest BCUT2D eigenvalue weighted by Gasteiger charge is 2.05. The van der Waals surface area contributed by atoms with Crippen molar-refractivity contribution in [3.63, 3.8) is 0 Å². The van der Waals surface area contributed by atoms with Gasteiger partial charge in [0.05, 0.1) is 6.67 Å². The van der Waals surface area contributed by atoms with E-state index >= 15 is 0 Å². The smallest absolute Gasteiger partial charge is 0.180 e. The molecule has 0 unspecified atom stereocenters. The monoisotopic (exact) mass is 97.1 g/mol. The third kappa shape index (κ3) is 0.815. The van der Waals surface area contributed by atoms with E-state index in [2.05, 4.69) is 5.32 Å². The lowest BCUT2D eigenvalue weighted by molar-refractivity contribution is 0.480. The van der Waals surface area contributed by atoms with Crippen molar-refractivity contribution in [1.82, 2.24) is 10.2 Å². The molecule has 0 amide bonds. The lowest BCUT2D eigenvalue weighted by Crippen LogP contribution is -2.14. The molecule has 0 aromatic rings. The van der Waals surface area contributed by atoms with E-state index in [4.69, 9.17) is 5.26 Å². The van der Waals surface area contributed by atoms with Crippen LogP contribution in [0.4, 0.5) is 0 Å². The van der Waals surface area contributed by atoms with Gasteiger partial charge >= 0.3 is 0 Å². The van der Waals surface area contributed by atoms with Crippen molar-refractivity contribution in [2.45, 2.75) is 0 Å². The summed E-state index contributed by atoms with van der Waals surface area (Å²) in [5, 5.41) is 11.2. The zero-order chi connectivity index (χ0) is 5.11. The molecule has 1 saturated heterocycles. The van der Waals surface area contributed by atoms with Crippen LogP contribution in [0.3, 0.4) is 0 Å². The first-order chi connectivity index (χ1) is 3.43. The van der Waals surface area contributed by atoms with E-state index < -0.39 is 0 Å². The van der Waals surface area contributed by atoms with Gasteiger partial charge in [-0.1, -0.05) is 0 Å². The molecular formula is C4H7N3. The maximum absolute atomic E-state index is 8.20. The van der Waals surface area contributed by atoms with Crippen LogP contribution < -0.4 is 5.32 Å². The molecule has 1 aliphatic heterocycles. The van der Waals surface area contributed by atoms with Crippen LogP contribution in [-0.2, 0) is 0 Å². The van der Waals surface area contributed by atoms with Gasteiger partial charge in [0, 0.05) is 13.1 Å². The summed E-state index contributed by atoms with van der Waals surface area (Å²) in [4.78, 5) is 1.68. The fourth-order valence-corrected chi connectivity index (χ4v) is 0.592. The Labute approximate surface area is 42.5 Å². The maximum atomic E-state index is 8.20. The van der Waals surface area contributed by atoms with Gasteiger partial charge in [0.25, 0.3) is 0 Å². The Kier molecular flexibility index (Phi) is 1.14. The molecule has 1 fully saturated rings. The topological polar surface area (TPSA) is 39.1 Å². The lowest BCUT2D eigenvalue weighted by atomic mass is 10.7. The van der Waals surface area contributed by atoms with Gasteiger partial charge in [-0.05, 0) is 0 Å². The summed E-state index contributed by atoms with van der Waals surface area (Å²) in [6.45, 7) is 2.56. The summed E-state index contributed by atoms with van der Waals surface area (Å²) < 4.78 is 0. The Hall–Kier alpha value is -0.750. The van der Waals surface area contributed by atoms with E-state index in [-0.39, 0.29) is 0 Å². The van der Waals surface area contributed by atoms with Crippen LogP contribution >= 0.6 is 0 Å². The SMILES string of the molecule is N#CN1CCNC1. The fraction of sp³-hybridized carbons (Fsp3) is 0.750. The Morgan fingerprint density at radius 3 is 2.86 bits per heavy atom. The van der Waals surface area contributed by atoms with Gasteiger partial charge in [0.2, 0.25) is 0 Å². The molecular weight excluding hydrogens is 90.1 g/mol. The molecule has 0 aliphatic carbocycles. The second-order valence-corrected chi connectivity index (χ2v) is 1.52. The zero-order valence-electron chi connectivity index (χ0n) is 4.02. The third-order valence-electron chi connectivity index (χ3n) is 1.00. The second-order valence-electron chi connectivity index (χ2n) is 1.52. The molecule has 3 nitrogen and oxygen atoms in total. The van der Waals surface area contributed by atoms with Gasteiger partial charge in [0.1, 0.15) is 0 Å². The molecule has 1 aliphatic rings. The molecule has 38 valence electrons. The fourth-order valence-electron chi connectivity index (χ4n) is 0.592. The van der Waals surface area contributed by atoms with Gasteiger partial charge in [-0.3, -0.25) is 10.2 Å². The Morgan fingerprint density at radius 1 is 1.71 bits per heavy atom. The highest BCUT2D eigenvalue weighted by atomic mass is 15.3. The predicted octanol–water partition coefficient (Wildman–Crippen LogP) is -0.670. The molecule has 1 rings (SSSR count). The number of hydrogen-bond donors (Lipinski definition) is 1. The number of rotatable bonds is 0. The van der Waals surface area contributed by atoms with Gasteiger partial charge in [-0.2, -0.15) is 5.26 Å². The summed E-state index contributed by atoms with van der Waals surface area (Å²) >= 11 is 0. The number of nitrogens with one attached hydrogen (secondary N) is 1. The van der Waals surface area contributed by atoms with E-state index in [9.17, 15) is 0 Å². The minimum atomic E-state index is 0.733. The van der Waals surface area contributed by atoms with E-state index in [1.54, 1.807) is 4.90 Å².